The molecule has 3 aromatic carbocycles. The number of nitrogens with one attached hydrogen (secondary N) is 1. The molecule has 7 rings (SSSR count). The smallest absolute Gasteiger partial charge is 0.249 e. The molecule has 0 saturated carbocycles. The van der Waals surface area contributed by atoms with Crippen LogP contribution in [-0.2, 0) is 19.1 Å². The van der Waals surface area contributed by atoms with Crippen molar-refractivity contribution in [3.8, 4) is 16.9 Å². The van der Waals surface area contributed by atoms with E-state index in [2.05, 4.69) is 10.4 Å². The Kier molecular flexibility index (Phi) is 5.27. The number of rotatable bonds is 4. The van der Waals surface area contributed by atoms with Crippen molar-refractivity contribution in [2.24, 2.45) is 12.8 Å². The molecule has 4 heterocycles. The largest absolute Gasteiger partial charge is 0.480 e. The first kappa shape index (κ1) is 24.1. The average molecular weight is 549 g/mol. The van der Waals surface area contributed by atoms with Gasteiger partial charge in [0.05, 0.1) is 28.2 Å². The Morgan fingerprint density at radius 1 is 1.23 bits per heavy atom. The van der Waals surface area contributed by atoms with Crippen molar-refractivity contribution in [1.29, 1.82) is 0 Å². The molecular formula is C29H23ClF2N4O3. The van der Waals surface area contributed by atoms with Crippen molar-refractivity contribution in [3.05, 3.63) is 82.0 Å². The van der Waals surface area contributed by atoms with E-state index in [1.54, 1.807) is 7.05 Å². The zero-order valence-electron chi connectivity index (χ0n) is 20.9. The van der Waals surface area contributed by atoms with Crippen LogP contribution in [0.2, 0.25) is 5.02 Å². The van der Waals surface area contributed by atoms with Crippen molar-refractivity contribution >= 4 is 39.6 Å². The van der Waals surface area contributed by atoms with E-state index in [1.165, 1.54) is 23.0 Å². The number of ether oxygens (including phenoxy) is 1. The summed E-state index contributed by atoms with van der Waals surface area (Å²) in [5.74, 6) is -2.30. The number of halogens is 3. The lowest BCUT2D eigenvalue weighted by Crippen LogP contribution is -2.48. The van der Waals surface area contributed by atoms with Crippen molar-refractivity contribution < 1.29 is 22.7 Å². The van der Waals surface area contributed by atoms with Crippen LogP contribution in [0.4, 0.5) is 8.78 Å². The molecule has 2 aliphatic heterocycles. The van der Waals surface area contributed by atoms with Crippen LogP contribution >= 0.6 is 11.6 Å². The Hall–Kier alpha value is -3.95. The summed E-state index contributed by atoms with van der Waals surface area (Å²) in [6.07, 6.45) is 3.54. The molecule has 0 unspecified atom stereocenters. The summed E-state index contributed by atoms with van der Waals surface area (Å²) in [4.78, 5) is 12.8. The van der Waals surface area contributed by atoms with Crippen LogP contribution in [-0.4, -0.2) is 28.3 Å². The van der Waals surface area contributed by atoms with E-state index >= 15 is 8.78 Å². The van der Waals surface area contributed by atoms with Gasteiger partial charge in [-0.1, -0.05) is 41.9 Å². The molecule has 3 N–H and O–H groups in total. The molecule has 1 fully saturated rings. The fourth-order valence-corrected chi connectivity index (χ4v) is 6.54. The minimum Gasteiger partial charge on any atom is -0.480 e. The van der Waals surface area contributed by atoms with Gasteiger partial charge in [-0.3, -0.25) is 9.48 Å². The molecule has 0 spiro atoms. The number of nitrogens with two attached hydrogens (primary N) is 1. The van der Waals surface area contributed by atoms with E-state index in [1.807, 2.05) is 30.3 Å². The molecule has 1 amide bonds. The second kappa shape index (κ2) is 8.53. The van der Waals surface area contributed by atoms with Gasteiger partial charge >= 0.3 is 0 Å². The first-order valence-electron chi connectivity index (χ1n) is 12.7. The second-order valence-electron chi connectivity index (χ2n) is 10.1. The van der Waals surface area contributed by atoms with Crippen LogP contribution in [0, 0.1) is 11.6 Å². The number of furan rings is 1. The number of amides is 1. The fourth-order valence-electron chi connectivity index (χ4n) is 6.28. The highest BCUT2D eigenvalue weighted by molar-refractivity contribution is 6.34. The third kappa shape index (κ3) is 3.36. The number of primary amides is 1. The molecule has 7 nitrogen and oxygen atoms in total. The highest BCUT2D eigenvalue weighted by atomic mass is 35.5. The van der Waals surface area contributed by atoms with E-state index in [-0.39, 0.29) is 45.5 Å². The quantitative estimate of drug-likeness (QED) is 0.305. The maximum Gasteiger partial charge on any atom is 0.249 e. The molecule has 2 atom stereocenters. The van der Waals surface area contributed by atoms with Gasteiger partial charge in [-0.2, -0.15) is 5.10 Å². The average Bonchev–Trinajstić information content (AvgIpc) is 3.71. The molecule has 10 heteroatoms. The molecule has 2 aromatic heterocycles. The van der Waals surface area contributed by atoms with E-state index in [0.717, 1.165) is 24.9 Å². The molecular weight excluding hydrogens is 526 g/mol. The predicted molar refractivity (Wildman–Crippen MR) is 143 cm³/mol. The maximum atomic E-state index is 16.5. The second-order valence-corrected chi connectivity index (χ2v) is 10.5. The topological polar surface area (TPSA) is 95.3 Å². The lowest BCUT2D eigenvalue weighted by Gasteiger charge is -2.35. The van der Waals surface area contributed by atoms with E-state index < -0.39 is 23.1 Å². The fraction of sp³-hybridized carbons (Fsp3) is 0.241. The van der Waals surface area contributed by atoms with Crippen LogP contribution in [0.15, 0.2) is 53.1 Å². The summed E-state index contributed by atoms with van der Waals surface area (Å²) in [5.41, 5.74) is 6.72. The van der Waals surface area contributed by atoms with E-state index in [4.69, 9.17) is 26.5 Å². The van der Waals surface area contributed by atoms with Crippen molar-refractivity contribution in [2.45, 2.75) is 30.9 Å². The number of carbonyl (C=O) groups excluding carboxylic acids is 1. The number of hydrogen-bond donors (Lipinski definition) is 2. The van der Waals surface area contributed by atoms with Gasteiger partial charge in [-0.25, -0.2) is 8.78 Å². The first-order chi connectivity index (χ1) is 18.8. The van der Waals surface area contributed by atoms with Gasteiger partial charge < -0.3 is 20.2 Å². The van der Waals surface area contributed by atoms with Crippen LogP contribution in [0.5, 0.6) is 5.75 Å². The predicted octanol–water partition coefficient (Wildman–Crippen LogP) is 5.60. The van der Waals surface area contributed by atoms with Gasteiger partial charge in [0.15, 0.2) is 22.6 Å². The third-order valence-corrected chi connectivity index (χ3v) is 8.38. The van der Waals surface area contributed by atoms with Crippen molar-refractivity contribution in [1.82, 2.24) is 15.1 Å². The van der Waals surface area contributed by atoms with Crippen molar-refractivity contribution in [3.63, 3.8) is 0 Å². The Balaban J connectivity index is 1.51. The van der Waals surface area contributed by atoms with Gasteiger partial charge in [0.1, 0.15) is 17.1 Å². The number of carbonyl (C=O) groups is 1. The summed E-state index contributed by atoms with van der Waals surface area (Å²) < 4.78 is 45.8. The third-order valence-electron chi connectivity index (χ3n) is 8.01. The van der Waals surface area contributed by atoms with Crippen LogP contribution < -0.4 is 15.8 Å². The lowest BCUT2D eigenvalue weighted by molar-refractivity contribution is 0.0539. The highest BCUT2D eigenvalue weighted by Crippen LogP contribution is 2.52. The molecule has 0 radical (unpaired) electrons. The molecule has 39 heavy (non-hydrogen) atoms. The summed E-state index contributed by atoms with van der Waals surface area (Å²) >= 11 is 6.58. The van der Waals surface area contributed by atoms with Gasteiger partial charge in [0.2, 0.25) is 5.91 Å². The van der Waals surface area contributed by atoms with Gasteiger partial charge in [0.25, 0.3) is 0 Å². The number of nitrogens with zero attached hydrogens (tertiary/aromatic N) is 2. The van der Waals surface area contributed by atoms with Crippen LogP contribution in [0.1, 0.15) is 34.3 Å². The normalized spacial score (nSPS) is 20.6. The van der Waals surface area contributed by atoms with Gasteiger partial charge in [0, 0.05) is 36.2 Å². The molecule has 198 valence electrons. The lowest BCUT2D eigenvalue weighted by atomic mass is 9.80. The minimum atomic E-state index is -0.887. The molecule has 0 bridgehead atoms. The van der Waals surface area contributed by atoms with Gasteiger partial charge in [-0.15, -0.1) is 0 Å². The summed E-state index contributed by atoms with van der Waals surface area (Å²) in [5, 5.41) is 7.67. The maximum absolute atomic E-state index is 16.5. The molecule has 5 aromatic rings. The standard InChI is InChI=1S/C29H23ClF2N4O3/c1-36-26-16-10-15(28(33)37)23(25(32)27(16)38-20(26)13-35-36)22-17-12-29(21-8-5-9-34-21,14-6-3-2-4-7-14)39-19(17)11-18(31)24(22)30/h2-4,6-7,10-11,13,21,34H,5,8-9,12H2,1H3,(H2,33,37)/t21-,29-/m0/s1. The van der Waals surface area contributed by atoms with E-state index in [9.17, 15) is 4.79 Å². The van der Waals surface area contributed by atoms with Gasteiger partial charge in [-0.05, 0) is 31.0 Å². The minimum absolute atomic E-state index is 0.0363. The summed E-state index contributed by atoms with van der Waals surface area (Å²) in [7, 11) is 1.68. The highest BCUT2D eigenvalue weighted by Gasteiger charge is 2.50. The number of fused-ring (bicyclic) bond motifs is 4. The Morgan fingerprint density at radius 2 is 2.03 bits per heavy atom. The molecule has 2 aliphatic rings. The summed E-state index contributed by atoms with van der Waals surface area (Å²) in [6, 6.07) is 12.3. The van der Waals surface area contributed by atoms with E-state index in [0.29, 0.717) is 22.0 Å². The zero-order valence-corrected chi connectivity index (χ0v) is 21.6. The zero-order chi connectivity index (χ0) is 27.1. The summed E-state index contributed by atoms with van der Waals surface area (Å²) in [6.45, 7) is 0.818. The SMILES string of the molecule is Cn1ncc2oc3c(F)c(-c4c(Cl)c(F)cc5c4C[C@](c4ccccc4)([C@@H]4CCCN4)O5)c(C(N)=O)cc3c21. The first-order valence-corrected chi connectivity index (χ1v) is 13.0. The molecule has 1 saturated heterocycles. The monoisotopic (exact) mass is 548 g/mol. The number of hydrogen-bond acceptors (Lipinski definition) is 5. The Labute approximate surface area is 226 Å². The van der Waals surface area contributed by atoms with Crippen LogP contribution in [0.3, 0.4) is 0 Å². The van der Waals surface area contributed by atoms with Crippen LogP contribution in [0.25, 0.3) is 33.2 Å². The molecule has 0 aliphatic carbocycles. The number of benzene rings is 3. The number of aromatic nitrogens is 2. The number of aryl methyl sites for hydroxylation is 1. The van der Waals surface area contributed by atoms with Crippen molar-refractivity contribution in [2.75, 3.05) is 6.54 Å². The Bertz CT molecular complexity index is 1810. The Morgan fingerprint density at radius 3 is 2.74 bits per heavy atom.